The second-order valence-electron chi connectivity index (χ2n) is 7.47. The lowest BCUT2D eigenvalue weighted by Gasteiger charge is -2.39. The number of likely N-dealkylation sites (tertiary alicyclic amines) is 1. The summed E-state index contributed by atoms with van der Waals surface area (Å²) in [7, 11) is 0. The van der Waals surface area contributed by atoms with Crippen LogP contribution in [0.25, 0.3) is 0 Å². The summed E-state index contributed by atoms with van der Waals surface area (Å²) in [5, 5.41) is 0. The molecule has 2 aromatic rings. The van der Waals surface area contributed by atoms with Gasteiger partial charge in [-0.1, -0.05) is 60.7 Å². The fourth-order valence-corrected chi connectivity index (χ4v) is 3.87. The van der Waals surface area contributed by atoms with E-state index in [4.69, 9.17) is 0 Å². The molecule has 0 N–H and O–H groups in total. The van der Waals surface area contributed by atoms with Gasteiger partial charge < -0.3 is 9.80 Å². The van der Waals surface area contributed by atoms with E-state index < -0.39 is 5.91 Å². The van der Waals surface area contributed by atoms with Gasteiger partial charge in [0, 0.05) is 25.2 Å². The van der Waals surface area contributed by atoms with Crippen molar-refractivity contribution in [3.63, 3.8) is 0 Å². The van der Waals surface area contributed by atoms with E-state index in [9.17, 15) is 9.59 Å². The molecule has 0 aromatic heterocycles. The summed E-state index contributed by atoms with van der Waals surface area (Å²) in [6, 6.07) is 19.9. The molecular formula is C23H28N2O2. The van der Waals surface area contributed by atoms with Crippen LogP contribution in [0.1, 0.15) is 44.2 Å². The number of hydrogen-bond donors (Lipinski definition) is 0. The molecule has 0 bridgehead atoms. The predicted molar refractivity (Wildman–Crippen MR) is 107 cm³/mol. The Labute approximate surface area is 161 Å². The second kappa shape index (κ2) is 8.85. The molecule has 2 aromatic carbocycles. The van der Waals surface area contributed by atoms with Gasteiger partial charge >= 0.3 is 11.8 Å². The van der Waals surface area contributed by atoms with Crippen LogP contribution in [0.4, 0.5) is 0 Å². The lowest BCUT2D eigenvalue weighted by Crippen LogP contribution is -2.53. The first-order valence-corrected chi connectivity index (χ1v) is 9.75. The molecule has 2 unspecified atom stereocenters. The lowest BCUT2D eigenvalue weighted by molar-refractivity contribution is -0.156. The minimum Gasteiger partial charge on any atom is -0.329 e. The summed E-state index contributed by atoms with van der Waals surface area (Å²) < 4.78 is 0. The number of carbonyl (C=O) groups is 2. The fourth-order valence-electron chi connectivity index (χ4n) is 3.87. The number of benzene rings is 2. The van der Waals surface area contributed by atoms with E-state index in [1.807, 2.05) is 74.5 Å². The van der Waals surface area contributed by atoms with Gasteiger partial charge in [0.15, 0.2) is 0 Å². The largest absolute Gasteiger partial charge is 0.329 e. The number of piperidine rings is 1. The van der Waals surface area contributed by atoms with Crippen LogP contribution in [0.5, 0.6) is 0 Å². The summed E-state index contributed by atoms with van der Waals surface area (Å²) >= 11 is 0. The minimum atomic E-state index is -0.414. The molecule has 0 spiro atoms. The Bertz CT molecular complexity index is 709. The number of hydrogen-bond acceptors (Lipinski definition) is 2. The van der Waals surface area contributed by atoms with Crippen LogP contribution >= 0.6 is 0 Å². The fraction of sp³-hybridized carbons (Fsp3) is 0.391. The summed E-state index contributed by atoms with van der Waals surface area (Å²) in [6.45, 7) is 4.94. The Hall–Kier alpha value is -2.62. The number of amides is 2. The van der Waals surface area contributed by atoms with Crippen molar-refractivity contribution in [2.45, 2.75) is 58.3 Å². The molecule has 3 rings (SSSR count). The first-order valence-electron chi connectivity index (χ1n) is 9.75. The summed E-state index contributed by atoms with van der Waals surface area (Å²) in [6.07, 6.45) is 3.03. The molecule has 1 aliphatic rings. The van der Waals surface area contributed by atoms with Gasteiger partial charge in [-0.3, -0.25) is 9.59 Å². The maximum atomic E-state index is 13.2. The summed E-state index contributed by atoms with van der Waals surface area (Å²) in [4.78, 5) is 29.7. The van der Waals surface area contributed by atoms with E-state index in [0.29, 0.717) is 13.1 Å². The van der Waals surface area contributed by atoms with Crippen molar-refractivity contribution >= 4 is 11.8 Å². The zero-order chi connectivity index (χ0) is 19.2. The molecule has 142 valence electrons. The van der Waals surface area contributed by atoms with Gasteiger partial charge in [0.1, 0.15) is 0 Å². The van der Waals surface area contributed by atoms with E-state index in [1.54, 1.807) is 9.80 Å². The van der Waals surface area contributed by atoms with Crippen LogP contribution in [0.15, 0.2) is 60.7 Å². The van der Waals surface area contributed by atoms with Crippen LogP contribution in [0, 0.1) is 0 Å². The Morgan fingerprint density at radius 1 is 0.852 bits per heavy atom. The van der Waals surface area contributed by atoms with Gasteiger partial charge in [-0.25, -0.2) is 0 Å². The highest BCUT2D eigenvalue weighted by Gasteiger charge is 2.35. The van der Waals surface area contributed by atoms with Crippen molar-refractivity contribution in [3.05, 3.63) is 71.8 Å². The van der Waals surface area contributed by atoms with Crippen LogP contribution in [-0.4, -0.2) is 33.7 Å². The molecule has 4 heteroatoms. The maximum absolute atomic E-state index is 13.2. The zero-order valence-electron chi connectivity index (χ0n) is 16.2. The average molecular weight is 364 g/mol. The predicted octanol–water partition coefficient (Wildman–Crippen LogP) is 4.00. The van der Waals surface area contributed by atoms with Crippen LogP contribution in [0.3, 0.4) is 0 Å². The maximum Gasteiger partial charge on any atom is 0.312 e. The van der Waals surface area contributed by atoms with Crippen LogP contribution in [-0.2, 0) is 22.7 Å². The third-order valence-corrected chi connectivity index (χ3v) is 5.33. The molecule has 0 saturated carbocycles. The van der Waals surface area contributed by atoms with E-state index in [1.165, 1.54) is 0 Å². The normalized spacial score (nSPS) is 19.6. The van der Waals surface area contributed by atoms with E-state index >= 15 is 0 Å². The molecule has 1 heterocycles. The van der Waals surface area contributed by atoms with E-state index in [-0.39, 0.29) is 18.0 Å². The molecule has 1 aliphatic heterocycles. The molecular weight excluding hydrogens is 336 g/mol. The monoisotopic (exact) mass is 364 g/mol. The van der Waals surface area contributed by atoms with Crippen molar-refractivity contribution in [1.82, 2.24) is 9.80 Å². The third kappa shape index (κ3) is 4.76. The highest BCUT2D eigenvalue weighted by Crippen LogP contribution is 2.23. The molecule has 4 nitrogen and oxygen atoms in total. The first-order chi connectivity index (χ1) is 13.1. The smallest absolute Gasteiger partial charge is 0.312 e. The van der Waals surface area contributed by atoms with Gasteiger partial charge in [0.2, 0.25) is 0 Å². The summed E-state index contributed by atoms with van der Waals surface area (Å²) in [5.74, 6) is -0.787. The highest BCUT2D eigenvalue weighted by atomic mass is 16.2. The molecule has 27 heavy (non-hydrogen) atoms. The third-order valence-electron chi connectivity index (χ3n) is 5.33. The van der Waals surface area contributed by atoms with Gasteiger partial charge in [-0.2, -0.15) is 0 Å². The molecule has 0 radical (unpaired) electrons. The summed E-state index contributed by atoms with van der Waals surface area (Å²) in [5.41, 5.74) is 2.05. The SMILES string of the molecule is CC1CCCC(C)N1C(=O)C(=O)N(Cc1ccccc1)Cc1ccccc1. The topological polar surface area (TPSA) is 40.6 Å². The number of carbonyl (C=O) groups excluding carboxylic acids is 2. The Morgan fingerprint density at radius 2 is 1.30 bits per heavy atom. The van der Waals surface area contributed by atoms with Gasteiger partial charge in [-0.15, -0.1) is 0 Å². The zero-order valence-corrected chi connectivity index (χ0v) is 16.2. The Kier molecular flexibility index (Phi) is 6.28. The van der Waals surface area contributed by atoms with E-state index in [2.05, 4.69) is 0 Å². The van der Waals surface area contributed by atoms with Crippen molar-refractivity contribution in [2.75, 3.05) is 0 Å². The van der Waals surface area contributed by atoms with Crippen molar-refractivity contribution in [3.8, 4) is 0 Å². The van der Waals surface area contributed by atoms with Gasteiger partial charge in [0.25, 0.3) is 0 Å². The number of nitrogens with zero attached hydrogens (tertiary/aromatic N) is 2. The average Bonchev–Trinajstić information content (AvgIpc) is 2.68. The van der Waals surface area contributed by atoms with Crippen molar-refractivity contribution < 1.29 is 9.59 Å². The quantitative estimate of drug-likeness (QED) is 0.769. The van der Waals surface area contributed by atoms with Gasteiger partial charge in [0.05, 0.1) is 0 Å². The first kappa shape index (κ1) is 19.2. The highest BCUT2D eigenvalue weighted by molar-refractivity contribution is 6.35. The van der Waals surface area contributed by atoms with Crippen molar-refractivity contribution in [1.29, 1.82) is 0 Å². The lowest BCUT2D eigenvalue weighted by atomic mass is 9.97. The second-order valence-corrected chi connectivity index (χ2v) is 7.47. The van der Waals surface area contributed by atoms with Gasteiger partial charge in [-0.05, 0) is 44.2 Å². The molecule has 0 aliphatic carbocycles. The Morgan fingerprint density at radius 3 is 1.74 bits per heavy atom. The minimum absolute atomic E-state index is 0.112. The molecule has 2 amide bonds. The van der Waals surface area contributed by atoms with Crippen LogP contribution in [0.2, 0.25) is 0 Å². The standard InChI is InChI=1S/C23H28N2O2/c1-18-10-9-11-19(2)25(18)23(27)22(26)24(16-20-12-5-3-6-13-20)17-21-14-7-4-8-15-21/h3-8,12-15,18-19H,9-11,16-17H2,1-2H3. The Balaban J connectivity index is 1.82. The van der Waals surface area contributed by atoms with E-state index in [0.717, 1.165) is 30.4 Å². The molecule has 1 fully saturated rings. The molecule has 1 saturated heterocycles. The number of rotatable bonds is 4. The van der Waals surface area contributed by atoms with Crippen molar-refractivity contribution in [2.24, 2.45) is 0 Å². The van der Waals surface area contributed by atoms with Crippen LogP contribution < -0.4 is 0 Å². The molecule has 2 atom stereocenters.